The minimum atomic E-state index is 0.630. The molecule has 2 aliphatic rings. The summed E-state index contributed by atoms with van der Waals surface area (Å²) in [4.78, 5) is 2.52. The molecule has 98 valence electrons. The Morgan fingerprint density at radius 3 is 2.67 bits per heavy atom. The Morgan fingerprint density at radius 1 is 1.17 bits per heavy atom. The zero-order chi connectivity index (χ0) is 12.4. The Hall–Kier alpha value is -0.860. The number of likely N-dealkylation sites (N-methyl/N-ethyl adjacent to an activating group) is 1. The first-order valence-electron chi connectivity index (χ1n) is 7.30. The summed E-state index contributed by atoms with van der Waals surface area (Å²) in [5.74, 6) is 0.978. The van der Waals surface area contributed by atoms with Crippen LogP contribution in [0.2, 0.25) is 0 Å². The topological polar surface area (TPSA) is 15.3 Å². The molecule has 0 aromatic heterocycles. The lowest BCUT2D eigenvalue weighted by molar-refractivity contribution is 0.189. The summed E-state index contributed by atoms with van der Waals surface area (Å²) in [6, 6.07) is 9.47. The maximum absolute atomic E-state index is 3.67. The zero-order valence-corrected chi connectivity index (χ0v) is 11.4. The molecule has 0 spiro atoms. The smallest absolute Gasteiger partial charge is 0.0238 e. The first kappa shape index (κ1) is 12.2. The maximum atomic E-state index is 3.67. The average molecular weight is 244 g/mol. The normalized spacial score (nSPS) is 23.8. The number of hydrogen-bond donors (Lipinski definition) is 1. The molecule has 3 rings (SSSR count). The van der Waals surface area contributed by atoms with Crippen LogP contribution < -0.4 is 5.32 Å². The van der Waals surface area contributed by atoms with Gasteiger partial charge < -0.3 is 10.2 Å². The van der Waals surface area contributed by atoms with E-state index >= 15 is 0 Å². The number of rotatable bonds is 4. The Balaban J connectivity index is 1.52. The molecule has 0 radical (unpaired) electrons. The fourth-order valence-electron chi connectivity index (χ4n) is 3.22. The van der Waals surface area contributed by atoms with Crippen molar-refractivity contribution in [1.82, 2.24) is 10.2 Å². The molecule has 2 nitrogen and oxygen atoms in total. The van der Waals surface area contributed by atoms with Crippen molar-refractivity contribution < 1.29 is 0 Å². The summed E-state index contributed by atoms with van der Waals surface area (Å²) in [5.41, 5.74) is 3.02. The van der Waals surface area contributed by atoms with E-state index in [9.17, 15) is 0 Å². The lowest BCUT2D eigenvalue weighted by atomic mass is 9.85. The SMILES string of the molecule is CN(CC1CCC1)CC1Cc2ccccc2CN1. The molecule has 1 aromatic rings. The number of hydrogen-bond acceptors (Lipinski definition) is 2. The van der Waals surface area contributed by atoms with E-state index < -0.39 is 0 Å². The average Bonchev–Trinajstić information content (AvgIpc) is 2.34. The van der Waals surface area contributed by atoms with E-state index in [1.807, 2.05) is 0 Å². The van der Waals surface area contributed by atoms with Crippen LogP contribution in [0.5, 0.6) is 0 Å². The van der Waals surface area contributed by atoms with Crippen molar-refractivity contribution in [3.05, 3.63) is 35.4 Å². The van der Waals surface area contributed by atoms with Gasteiger partial charge in [0.2, 0.25) is 0 Å². The van der Waals surface area contributed by atoms with Gasteiger partial charge in [-0.25, -0.2) is 0 Å². The van der Waals surface area contributed by atoms with Crippen molar-refractivity contribution >= 4 is 0 Å². The quantitative estimate of drug-likeness (QED) is 0.875. The Labute approximate surface area is 110 Å². The highest BCUT2D eigenvalue weighted by Crippen LogP contribution is 2.27. The minimum absolute atomic E-state index is 0.630. The van der Waals surface area contributed by atoms with Gasteiger partial charge in [-0.05, 0) is 43.4 Å². The van der Waals surface area contributed by atoms with Gasteiger partial charge in [0.15, 0.2) is 0 Å². The Kier molecular flexibility index (Phi) is 3.67. The van der Waals surface area contributed by atoms with Crippen LogP contribution in [0, 0.1) is 5.92 Å². The molecule has 1 N–H and O–H groups in total. The van der Waals surface area contributed by atoms with Crippen LogP contribution in [-0.2, 0) is 13.0 Å². The molecule has 1 saturated carbocycles. The van der Waals surface area contributed by atoms with Crippen LogP contribution in [0.3, 0.4) is 0 Å². The van der Waals surface area contributed by atoms with Gasteiger partial charge in [0.25, 0.3) is 0 Å². The van der Waals surface area contributed by atoms with Gasteiger partial charge in [-0.2, -0.15) is 0 Å². The van der Waals surface area contributed by atoms with Crippen molar-refractivity contribution in [2.75, 3.05) is 20.1 Å². The second-order valence-corrected chi connectivity index (χ2v) is 6.07. The molecule has 18 heavy (non-hydrogen) atoms. The summed E-state index contributed by atoms with van der Waals surface area (Å²) in [5, 5.41) is 3.67. The van der Waals surface area contributed by atoms with E-state index in [1.54, 1.807) is 5.56 Å². The molecule has 0 saturated heterocycles. The van der Waals surface area contributed by atoms with Gasteiger partial charge in [0, 0.05) is 25.7 Å². The number of benzene rings is 1. The van der Waals surface area contributed by atoms with E-state index in [0.717, 1.165) is 12.5 Å². The lowest BCUT2D eigenvalue weighted by Gasteiger charge is -2.34. The molecule has 1 heterocycles. The number of nitrogens with one attached hydrogen (secondary N) is 1. The van der Waals surface area contributed by atoms with Crippen LogP contribution in [0.4, 0.5) is 0 Å². The van der Waals surface area contributed by atoms with E-state index in [0.29, 0.717) is 6.04 Å². The van der Waals surface area contributed by atoms with Crippen LogP contribution in [-0.4, -0.2) is 31.1 Å². The largest absolute Gasteiger partial charge is 0.308 e. The van der Waals surface area contributed by atoms with Crippen molar-refractivity contribution in [1.29, 1.82) is 0 Å². The highest BCUT2D eigenvalue weighted by molar-refractivity contribution is 5.29. The van der Waals surface area contributed by atoms with Gasteiger partial charge in [0.05, 0.1) is 0 Å². The summed E-state index contributed by atoms with van der Waals surface area (Å²) in [6.45, 7) is 3.52. The molecule has 1 fully saturated rings. The van der Waals surface area contributed by atoms with Crippen molar-refractivity contribution in [3.8, 4) is 0 Å². The van der Waals surface area contributed by atoms with Crippen molar-refractivity contribution in [2.24, 2.45) is 5.92 Å². The molecule has 1 atom stereocenters. The monoisotopic (exact) mass is 244 g/mol. The molecule has 1 aliphatic heterocycles. The van der Waals surface area contributed by atoms with Crippen LogP contribution in [0.15, 0.2) is 24.3 Å². The molecule has 1 unspecified atom stereocenters. The molecular formula is C16H24N2. The molecule has 0 amide bonds. The van der Waals surface area contributed by atoms with Crippen molar-refractivity contribution in [2.45, 2.75) is 38.3 Å². The molecule has 1 aliphatic carbocycles. The van der Waals surface area contributed by atoms with Gasteiger partial charge in [0.1, 0.15) is 0 Å². The third kappa shape index (κ3) is 2.76. The van der Waals surface area contributed by atoms with Crippen molar-refractivity contribution in [3.63, 3.8) is 0 Å². The Morgan fingerprint density at radius 2 is 1.94 bits per heavy atom. The number of fused-ring (bicyclic) bond motifs is 1. The molecule has 2 heteroatoms. The van der Waals surface area contributed by atoms with E-state index in [2.05, 4.69) is 41.5 Å². The first-order chi connectivity index (χ1) is 8.81. The summed E-state index contributed by atoms with van der Waals surface area (Å²) >= 11 is 0. The first-order valence-corrected chi connectivity index (χ1v) is 7.30. The van der Waals surface area contributed by atoms with Gasteiger partial charge in [-0.1, -0.05) is 30.7 Å². The van der Waals surface area contributed by atoms with Gasteiger partial charge in [-0.3, -0.25) is 0 Å². The van der Waals surface area contributed by atoms with E-state index in [1.165, 1.54) is 44.3 Å². The highest BCUT2D eigenvalue weighted by atomic mass is 15.1. The van der Waals surface area contributed by atoms with Gasteiger partial charge in [-0.15, -0.1) is 0 Å². The predicted molar refractivity (Wildman–Crippen MR) is 75.6 cm³/mol. The van der Waals surface area contributed by atoms with Crippen LogP contribution in [0.25, 0.3) is 0 Å². The molecule has 0 bridgehead atoms. The zero-order valence-electron chi connectivity index (χ0n) is 11.4. The van der Waals surface area contributed by atoms with Crippen LogP contribution in [0.1, 0.15) is 30.4 Å². The Bertz CT molecular complexity index is 398. The molecule has 1 aromatic carbocycles. The standard InChI is InChI=1S/C16H24N2/c1-18(11-13-5-4-6-13)12-16-9-14-7-2-3-8-15(14)10-17-16/h2-3,7-8,13,16-17H,4-6,9-12H2,1H3. The summed E-state index contributed by atoms with van der Waals surface area (Å²) in [6.07, 6.45) is 5.54. The second kappa shape index (κ2) is 5.41. The minimum Gasteiger partial charge on any atom is -0.308 e. The lowest BCUT2D eigenvalue weighted by Crippen LogP contribution is -2.45. The fourth-order valence-corrected chi connectivity index (χ4v) is 3.22. The number of nitrogens with zero attached hydrogens (tertiary/aromatic N) is 1. The van der Waals surface area contributed by atoms with E-state index in [-0.39, 0.29) is 0 Å². The van der Waals surface area contributed by atoms with Gasteiger partial charge >= 0.3 is 0 Å². The third-order valence-corrected chi connectivity index (χ3v) is 4.49. The highest BCUT2D eigenvalue weighted by Gasteiger charge is 2.22. The van der Waals surface area contributed by atoms with Crippen LogP contribution >= 0.6 is 0 Å². The maximum Gasteiger partial charge on any atom is 0.0238 e. The fraction of sp³-hybridized carbons (Fsp3) is 0.625. The summed E-state index contributed by atoms with van der Waals surface area (Å²) < 4.78 is 0. The predicted octanol–water partition coefficient (Wildman–Crippen LogP) is 2.43. The van der Waals surface area contributed by atoms with E-state index in [4.69, 9.17) is 0 Å². The summed E-state index contributed by atoms with van der Waals surface area (Å²) in [7, 11) is 2.28. The third-order valence-electron chi connectivity index (χ3n) is 4.49. The second-order valence-electron chi connectivity index (χ2n) is 6.07. The molecular weight excluding hydrogens is 220 g/mol.